The molecule has 0 radical (unpaired) electrons. The van der Waals surface area contributed by atoms with Crippen LogP contribution in [0.2, 0.25) is 0 Å². The molecule has 9 heteroatoms. The molecule has 1 aromatic carbocycles. The molecule has 4 nitrogen and oxygen atoms in total. The fourth-order valence-electron chi connectivity index (χ4n) is 1.78. The minimum Gasteiger partial charge on any atom is -0.469 e. The van der Waals surface area contributed by atoms with Gasteiger partial charge in [-0.2, -0.15) is 17.6 Å². The van der Waals surface area contributed by atoms with Gasteiger partial charge in [0.05, 0.1) is 12.5 Å². The Morgan fingerprint density at radius 3 is 2.30 bits per heavy atom. The second-order valence-corrected chi connectivity index (χ2v) is 5.23. The lowest BCUT2D eigenvalue weighted by atomic mass is 9.81. The molecular formula is C14H18ClF4NO3. The van der Waals surface area contributed by atoms with Gasteiger partial charge in [-0.05, 0) is 31.5 Å². The Hall–Kier alpha value is -1.54. The normalized spacial score (nSPS) is 13.3. The van der Waals surface area contributed by atoms with Gasteiger partial charge in [0.1, 0.15) is 5.75 Å². The van der Waals surface area contributed by atoms with E-state index < -0.39 is 35.7 Å². The average Bonchev–Trinajstić information content (AvgIpc) is 2.45. The lowest BCUT2D eigenvalue weighted by Gasteiger charge is -2.29. The van der Waals surface area contributed by atoms with Crippen LogP contribution in [0.15, 0.2) is 24.3 Å². The lowest BCUT2D eigenvalue weighted by molar-refractivity contribution is -0.253. The van der Waals surface area contributed by atoms with Crippen molar-refractivity contribution in [1.29, 1.82) is 0 Å². The van der Waals surface area contributed by atoms with Gasteiger partial charge in [0.15, 0.2) is 0 Å². The Balaban J connectivity index is 0.00000484. The summed E-state index contributed by atoms with van der Waals surface area (Å²) in [7, 11) is 1.19. The number of carbonyl (C=O) groups is 1. The first-order chi connectivity index (χ1) is 10.0. The van der Waals surface area contributed by atoms with Gasteiger partial charge in [-0.3, -0.25) is 4.79 Å². The maximum atomic E-state index is 12.9. The predicted octanol–water partition coefficient (Wildman–Crippen LogP) is 3.54. The van der Waals surface area contributed by atoms with Gasteiger partial charge < -0.3 is 15.2 Å². The minimum atomic E-state index is -4.61. The summed E-state index contributed by atoms with van der Waals surface area (Å²) in [5, 5.41) is 0. The van der Waals surface area contributed by atoms with Crippen molar-refractivity contribution in [2.75, 3.05) is 7.11 Å². The van der Waals surface area contributed by atoms with E-state index in [1.165, 1.54) is 33.1 Å². The fraction of sp³-hybridized carbons (Fsp3) is 0.500. The Morgan fingerprint density at radius 2 is 1.83 bits per heavy atom. The molecule has 0 aliphatic carbocycles. The van der Waals surface area contributed by atoms with Crippen LogP contribution in [0.3, 0.4) is 0 Å². The molecule has 0 amide bonds. The van der Waals surface area contributed by atoms with E-state index in [2.05, 4.69) is 9.47 Å². The Morgan fingerprint density at radius 1 is 1.26 bits per heavy atom. The molecule has 0 bridgehead atoms. The Labute approximate surface area is 137 Å². The van der Waals surface area contributed by atoms with Crippen molar-refractivity contribution in [1.82, 2.24) is 0 Å². The van der Waals surface area contributed by atoms with E-state index in [1.807, 2.05) is 0 Å². The summed E-state index contributed by atoms with van der Waals surface area (Å²) in [5.74, 6) is -1.07. The number of hydrogen-bond donors (Lipinski definition) is 1. The number of hydrogen-bond acceptors (Lipinski definition) is 4. The van der Waals surface area contributed by atoms with E-state index in [0.717, 1.165) is 12.1 Å². The van der Waals surface area contributed by atoms with Crippen LogP contribution in [0.5, 0.6) is 5.75 Å². The summed E-state index contributed by atoms with van der Waals surface area (Å²) in [4.78, 5) is 11.7. The van der Waals surface area contributed by atoms with Gasteiger partial charge >= 0.3 is 18.5 Å². The smallest absolute Gasteiger partial charge is 0.461 e. The molecule has 0 aliphatic rings. The number of methoxy groups -OCH3 is 1. The van der Waals surface area contributed by atoms with Crippen molar-refractivity contribution in [3.8, 4) is 5.75 Å². The molecule has 23 heavy (non-hydrogen) atoms. The van der Waals surface area contributed by atoms with E-state index in [4.69, 9.17) is 5.73 Å². The van der Waals surface area contributed by atoms with Crippen LogP contribution in [-0.4, -0.2) is 25.6 Å². The third kappa shape index (κ3) is 4.97. The highest BCUT2D eigenvalue weighted by atomic mass is 35.5. The first-order valence-corrected chi connectivity index (χ1v) is 6.31. The zero-order valence-electron chi connectivity index (χ0n) is 12.7. The molecule has 0 fully saturated rings. The van der Waals surface area contributed by atoms with Crippen LogP contribution in [0.1, 0.15) is 25.5 Å². The van der Waals surface area contributed by atoms with Crippen LogP contribution in [-0.2, 0) is 9.53 Å². The van der Waals surface area contributed by atoms with Crippen molar-refractivity contribution in [2.24, 2.45) is 11.1 Å². The minimum absolute atomic E-state index is 0. The summed E-state index contributed by atoms with van der Waals surface area (Å²) in [6, 6.07) is 4.08. The molecule has 0 heterocycles. The molecule has 0 saturated heterocycles. The summed E-state index contributed by atoms with van der Waals surface area (Å²) < 4.78 is 58.7. The van der Waals surface area contributed by atoms with Crippen LogP contribution >= 0.6 is 12.4 Å². The van der Waals surface area contributed by atoms with Crippen molar-refractivity contribution in [2.45, 2.75) is 32.4 Å². The number of carbonyl (C=O) groups excluding carboxylic acids is 1. The van der Waals surface area contributed by atoms with Gasteiger partial charge in [0.25, 0.3) is 0 Å². The number of ether oxygens (including phenoxy) is 2. The SMILES string of the molecule is COC(=O)C(C)(C)[C@@H](N)c1cccc(OC(F)(F)C(F)F)c1.Cl. The summed E-state index contributed by atoms with van der Waals surface area (Å²) >= 11 is 0. The van der Waals surface area contributed by atoms with Gasteiger partial charge in [-0.1, -0.05) is 12.1 Å². The second-order valence-electron chi connectivity index (χ2n) is 5.23. The van der Waals surface area contributed by atoms with Crippen LogP contribution in [0.4, 0.5) is 17.6 Å². The van der Waals surface area contributed by atoms with Gasteiger partial charge in [-0.15, -0.1) is 12.4 Å². The predicted molar refractivity (Wildman–Crippen MR) is 78.0 cm³/mol. The molecule has 132 valence electrons. The highest BCUT2D eigenvalue weighted by Crippen LogP contribution is 2.35. The summed E-state index contributed by atoms with van der Waals surface area (Å²) in [6.45, 7) is 3.04. The summed E-state index contributed by atoms with van der Waals surface area (Å²) in [6.07, 6.45) is -8.57. The zero-order chi connectivity index (χ0) is 17.1. The molecule has 0 unspecified atom stereocenters. The molecule has 1 rings (SSSR count). The lowest BCUT2D eigenvalue weighted by Crippen LogP contribution is -2.37. The molecule has 0 aliphatic heterocycles. The van der Waals surface area contributed by atoms with Crippen LogP contribution in [0, 0.1) is 5.41 Å². The zero-order valence-corrected chi connectivity index (χ0v) is 13.5. The van der Waals surface area contributed by atoms with E-state index >= 15 is 0 Å². The van der Waals surface area contributed by atoms with Crippen LogP contribution in [0.25, 0.3) is 0 Å². The molecule has 0 spiro atoms. The maximum absolute atomic E-state index is 12.9. The number of nitrogens with two attached hydrogens (primary N) is 1. The van der Waals surface area contributed by atoms with Gasteiger partial charge in [0.2, 0.25) is 0 Å². The maximum Gasteiger partial charge on any atom is 0.461 e. The Bertz CT molecular complexity index is 541. The third-order valence-corrected chi connectivity index (χ3v) is 3.21. The van der Waals surface area contributed by atoms with Crippen molar-refractivity contribution in [3.05, 3.63) is 29.8 Å². The van der Waals surface area contributed by atoms with Gasteiger partial charge in [0, 0.05) is 6.04 Å². The Kier molecular flexibility index (Phi) is 7.30. The topological polar surface area (TPSA) is 61.5 Å². The average molecular weight is 360 g/mol. The van der Waals surface area contributed by atoms with Gasteiger partial charge in [-0.25, -0.2) is 0 Å². The number of alkyl halides is 4. The quantitative estimate of drug-likeness (QED) is 0.623. The standard InChI is InChI=1S/C14H17F4NO3.ClH/c1-13(2,12(20)21-3)10(19)8-5-4-6-9(7-8)22-14(17,18)11(15)16;/h4-7,10-11H,19H2,1-3H3;1H/t10-;/m0./s1. The molecule has 1 atom stereocenters. The van der Waals surface area contributed by atoms with Crippen molar-refractivity contribution in [3.63, 3.8) is 0 Å². The van der Waals surface area contributed by atoms with E-state index in [-0.39, 0.29) is 18.0 Å². The molecule has 2 N–H and O–H groups in total. The number of rotatable bonds is 6. The highest BCUT2D eigenvalue weighted by molar-refractivity contribution is 5.85. The van der Waals surface area contributed by atoms with E-state index in [0.29, 0.717) is 0 Å². The highest BCUT2D eigenvalue weighted by Gasteiger charge is 2.44. The summed E-state index contributed by atoms with van der Waals surface area (Å²) in [5.41, 5.74) is 5.09. The fourth-order valence-corrected chi connectivity index (χ4v) is 1.78. The first kappa shape index (κ1) is 21.5. The molecule has 0 saturated carbocycles. The monoisotopic (exact) mass is 359 g/mol. The first-order valence-electron chi connectivity index (χ1n) is 6.31. The number of benzene rings is 1. The number of halogens is 5. The third-order valence-electron chi connectivity index (χ3n) is 3.21. The molecule has 1 aromatic rings. The van der Waals surface area contributed by atoms with Crippen molar-refractivity contribution >= 4 is 18.4 Å². The molecular weight excluding hydrogens is 342 g/mol. The van der Waals surface area contributed by atoms with E-state index in [1.54, 1.807) is 0 Å². The van der Waals surface area contributed by atoms with E-state index in [9.17, 15) is 22.4 Å². The van der Waals surface area contributed by atoms with Crippen LogP contribution < -0.4 is 10.5 Å². The largest absolute Gasteiger partial charge is 0.469 e. The molecule has 0 aromatic heterocycles. The van der Waals surface area contributed by atoms with Crippen molar-refractivity contribution < 1.29 is 31.8 Å². The number of esters is 1. The second kappa shape index (κ2) is 7.83.